The van der Waals surface area contributed by atoms with Crippen molar-refractivity contribution in [3.63, 3.8) is 0 Å². The zero-order valence-electron chi connectivity index (χ0n) is 13.9. The molecule has 25 heavy (non-hydrogen) atoms. The fourth-order valence-corrected chi connectivity index (χ4v) is 4.49. The minimum Gasteiger partial charge on any atom is -0.492 e. The Morgan fingerprint density at radius 1 is 1.36 bits per heavy atom. The van der Waals surface area contributed by atoms with E-state index in [1.165, 1.54) is 15.9 Å². The lowest BCUT2D eigenvalue weighted by Gasteiger charge is -2.34. The number of aromatic nitrogens is 3. The van der Waals surface area contributed by atoms with Crippen molar-refractivity contribution in [3.8, 4) is 5.88 Å². The summed E-state index contributed by atoms with van der Waals surface area (Å²) in [7, 11) is 0. The van der Waals surface area contributed by atoms with Crippen molar-refractivity contribution in [1.82, 2.24) is 19.5 Å². The van der Waals surface area contributed by atoms with Gasteiger partial charge in [0, 0.05) is 24.5 Å². The number of aryl methyl sites for hydroxylation is 1. The van der Waals surface area contributed by atoms with Crippen LogP contribution in [-0.2, 0) is 11.2 Å². The molecule has 3 aromatic rings. The van der Waals surface area contributed by atoms with E-state index in [0.717, 1.165) is 35.8 Å². The molecule has 1 aromatic carbocycles. The summed E-state index contributed by atoms with van der Waals surface area (Å²) in [5.41, 5.74) is 1.05. The molecule has 1 saturated heterocycles. The van der Waals surface area contributed by atoms with Gasteiger partial charge in [0.15, 0.2) is 5.82 Å². The lowest BCUT2D eigenvalue weighted by Crippen LogP contribution is -2.39. The Morgan fingerprint density at radius 2 is 2.16 bits per heavy atom. The lowest BCUT2D eigenvalue weighted by molar-refractivity contribution is 0.0241. The second-order valence-corrected chi connectivity index (χ2v) is 7.42. The summed E-state index contributed by atoms with van der Waals surface area (Å²) in [6, 6.07) is 7.69. The molecule has 8 heteroatoms. The summed E-state index contributed by atoms with van der Waals surface area (Å²) in [6.07, 6.45) is 0.740. The van der Waals surface area contributed by atoms with Gasteiger partial charge in [-0.1, -0.05) is 42.0 Å². The smallest absolute Gasteiger partial charge is 0.230 e. The molecule has 6 nitrogen and oxygen atoms in total. The summed E-state index contributed by atoms with van der Waals surface area (Å²) in [6.45, 7) is 4.95. The van der Waals surface area contributed by atoms with Crippen LogP contribution in [0.25, 0.3) is 4.96 Å². The number of fused-ring (bicyclic) bond motifs is 1. The minimum absolute atomic E-state index is 0.0961. The van der Waals surface area contributed by atoms with E-state index in [1.54, 1.807) is 0 Å². The predicted octanol–water partition coefficient (Wildman–Crippen LogP) is 3.13. The standard InChI is InChI=1S/C17H19ClN4O2S/c1-2-13-19-17-22(20-13)16(23)15(25-17)14(21-6-8-24-9-7-21)11-4-3-5-12(18)10-11/h3-5,10,14,23H,2,6-9H2,1H3/t14-/m1/s1. The third-order valence-electron chi connectivity index (χ3n) is 4.38. The van der Waals surface area contributed by atoms with Crippen LogP contribution in [0.15, 0.2) is 24.3 Å². The molecule has 0 saturated carbocycles. The second kappa shape index (κ2) is 6.92. The molecule has 1 aliphatic heterocycles. The van der Waals surface area contributed by atoms with Crippen molar-refractivity contribution >= 4 is 27.9 Å². The Labute approximate surface area is 154 Å². The second-order valence-electron chi connectivity index (χ2n) is 5.97. The molecule has 0 spiro atoms. The molecule has 0 radical (unpaired) electrons. The van der Waals surface area contributed by atoms with Gasteiger partial charge in [0.1, 0.15) is 0 Å². The Kier molecular flexibility index (Phi) is 4.64. The first kappa shape index (κ1) is 16.8. The van der Waals surface area contributed by atoms with E-state index >= 15 is 0 Å². The van der Waals surface area contributed by atoms with Gasteiger partial charge < -0.3 is 9.84 Å². The van der Waals surface area contributed by atoms with Crippen LogP contribution < -0.4 is 0 Å². The Bertz CT molecular complexity index is 888. The van der Waals surface area contributed by atoms with Gasteiger partial charge in [-0.25, -0.2) is 4.98 Å². The largest absolute Gasteiger partial charge is 0.492 e. The molecular weight excluding hydrogens is 360 g/mol. The van der Waals surface area contributed by atoms with Crippen LogP contribution in [0.1, 0.15) is 29.2 Å². The van der Waals surface area contributed by atoms with E-state index < -0.39 is 0 Å². The molecule has 0 aliphatic carbocycles. The van der Waals surface area contributed by atoms with Gasteiger partial charge in [-0.05, 0) is 17.7 Å². The first-order valence-corrected chi connectivity index (χ1v) is 9.51. The summed E-state index contributed by atoms with van der Waals surface area (Å²) < 4.78 is 7.03. The molecule has 2 aromatic heterocycles. The third-order valence-corrected chi connectivity index (χ3v) is 5.69. The van der Waals surface area contributed by atoms with E-state index in [9.17, 15) is 5.11 Å². The predicted molar refractivity (Wildman–Crippen MR) is 97.6 cm³/mol. The van der Waals surface area contributed by atoms with Crippen LogP contribution in [0.5, 0.6) is 5.88 Å². The third kappa shape index (κ3) is 3.13. The van der Waals surface area contributed by atoms with Crippen molar-refractivity contribution in [2.24, 2.45) is 0 Å². The van der Waals surface area contributed by atoms with E-state index in [2.05, 4.69) is 15.0 Å². The Morgan fingerprint density at radius 3 is 2.84 bits per heavy atom. The number of rotatable bonds is 4. The summed E-state index contributed by atoms with van der Waals surface area (Å²) in [5, 5.41) is 15.9. The van der Waals surface area contributed by atoms with Crippen molar-refractivity contribution < 1.29 is 9.84 Å². The fourth-order valence-electron chi connectivity index (χ4n) is 3.16. The number of halogens is 1. The molecule has 0 amide bonds. The fraction of sp³-hybridized carbons (Fsp3) is 0.412. The first-order valence-electron chi connectivity index (χ1n) is 8.32. The van der Waals surface area contributed by atoms with Gasteiger partial charge in [0.25, 0.3) is 0 Å². The Hall–Kier alpha value is -1.67. The van der Waals surface area contributed by atoms with E-state index in [-0.39, 0.29) is 11.9 Å². The summed E-state index contributed by atoms with van der Waals surface area (Å²) in [4.78, 5) is 8.35. The highest BCUT2D eigenvalue weighted by Crippen LogP contribution is 2.40. The minimum atomic E-state index is -0.0961. The highest BCUT2D eigenvalue weighted by atomic mass is 35.5. The van der Waals surface area contributed by atoms with Gasteiger partial charge in [-0.3, -0.25) is 4.90 Å². The summed E-state index contributed by atoms with van der Waals surface area (Å²) in [5.74, 6) is 0.891. The highest BCUT2D eigenvalue weighted by molar-refractivity contribution is 7.17. The van der Waals surface area contributed by atoms with Gasteiger partial charge in [0.05, 0.1) is 24.1 Å². The monoisotopic (exact) mass is 378 g/mol. The molecule has 1 aliphatic rings. The maximum Gasteiger partial charge on any atom is 0.230 e. The number of aromatic hydroxyl groups is 1. The van der Waals surface area contributed by atoms with Crippen LogP contribution in [0.4, 0.5) is 0 Å². The molecule has 132 valence electrons. The Balaban J connectivity index is 1.82. The van der Waals surface area contributed by atoms with E-state index in [1.807, 2.05) is 31.2 Å². The van der Waals surface area contributed by atoms with Crippen LogP contribution in [-0.4, -0.2) is 50.9 Å². The number of thiazole rings is 1. The van der Waals surface area contributed by atoms with Crippen LogP contribution in [0, 0.1) is 0 Å². The molecule has 1 atom stereocenters. The molecule has 0 unspecified atom stereocenters. The zero-order chi connectivity index (χ0) is 17.4. The van der Waals surface area contributed by atoms with Crippen molar-refractivity contribution in [1.29, 1.82) is 0 Å². The SMILES string of the molecule is CCc1nc2sc([C@@H](c3cccc(Cl)c3)N3CCOCC3)c(O)n2n1. The number of nitrogens with zero attached hydrogens (tertiary/aromatic N) is 4. The normalized spacial score (nSPS) is 17.2. The number of morpholine rings is 1. The topological polar surface area (TPSA) is 62.9 Å². The number of ether oxygens (including phenoxy) is 1. The maximum absolute atomic E-state index is 10.8. The van der Waals surface area contributed by atoms with Gasteiger partial charge >= 0.3 is 0 Å². The zero-order valence-corrected chi connectivity index (χ0v) is 15.4. The van der Waals surface area contributed by atoms with Gasteiger partial charge in [0.2, 0.25) is 10.8 Å². The number of benzene rings is 1. The average Bonchev–Trinajstić information content (AvgIpc) is 3.16. The van der Waals surface area contributed by atoms with E-state index in [4.69, 9.17) is 16.3 Å². The highest BCUT2D eigenvalue weighted by Gasteiger charge is 2.30. The average molecular weight is 379 g/mol. The number of hydrogen-bond donors (Lipinski definition) is 1. The molecule has 0 bridgehead atoms. The molecule has 1 N–H and O–H groups in total. The first-order chi connectivity index (χ1) is 12.2. The van der Waals surface area contributed by atoms with Gasteiger partial charge in [-0.2, -0.15) is 4.52 Å². The van der Waals surface area contributed by atoms with Crippen LogP contribution >= 0.6 is 22.9 Å². The molecule has 1 fully saturated rings. The van der Waals surface area contributed by atoms with Gasteiger partial charge in [-0.15, -0.1) is 5.10 Å². The van der Waals surface area contributed by atoms with Crippen LogP contribution in [0.2, 0.25) is 5.02 Å². The molecule has 3 heterocycles. The van der Waals surface area contributed by atoms with Crippen LogP contribution in [0.3, 0.4) is 0 Å². The van der Waals surface area contributed by atoms with E-state index in [0.29, 0.717) is 23.2 Å². The maximum atomic E-state index is 10.8. The number of hydrogen-bond acceptors (Lipinski definition) is 6. The molecule has 4 rings (SSSR count). The summed E-state index contributed by atoms with van der Waals surface area (Å²) >= 11 is 7.70. The quantitative estimate of drug-likeness (QED) is 0.755. The van der Waals surface area contributed by atoms with Crippen molar-refractivity contribution in [2.75, 3.05) is 26.3 Å². The van der Waals surface area contributed by atoms with Crippen molar-refractivity contribution in [3.05, 3.63) is 45.6 Å². The van der Waals surface area contributed by atoms with Crippen molar-refractivity contribution in [2.45, 2.75) is 19.4 Å². The lowest BCUT2D eigenvalue weighted by atomic mass is 10.0. The molecular formula is C17H19ClN4O2S.